The van der Waals surface area contributed by atoms with Crippen molar-refractivity contribution in [2.24, 2.45) is 0 Å². The molecule has 0 fully saturated rings. The van der Waals surface area contributed by atoms with E-state index in [2.05, 4.69) is 20.3 Å². The largest absolute Gasteiger partial charge is 0.461 e. The van der Waals surface area contributed by atoms with Gasteiger partial charge in [0.1, 0.15) is 6.04 Å². The fourth-order valence-corrected chi connectivity index (χ4v) is 2.52. The van der Waals surface area contributed by atoms with Gasteiger partial charge < -0.3 is 14.6 Å². The molecule has 0 aliphatic carbocycles. The van der Waals surface area contributed by atoms with Crippen LogP contribution in [-0.4, -0.2) is 43.5 Å². The van der Waals surface area contributed by atoms with E-state index in [1.54, 1.807) is 37.1 Å². The first kappa shape index (κ1) is 19.2. The molecule has 0 radical (unpaired) electrons. The second-order valence-electron chi connectivity index (χ2n) is 6.43. The summed E-state index contributed by atoms with van der Waals surface area (Å²) in [7, 11) is 0. The third-order valence-corrected chi connectivity index (χ3v) is 3.84. The van der Waals surface area contributed by atoms with Crippen LogP contribution in [0.15, 0.2) is 61.4 Å². The van der Waals surface area contributed by atoms with Crippen LogP contribution in [0.4, 0.5) is 0 Å². The van der Waals surface area contributed by atoms with E-state index in [-0.39, 0.29) is 18.2 Å². The number of carbonyl (C=O) groups excluding carboxylic acids is 2. The Hall–Kier alpha value is -3.55. The summed E-state index contributed by atoms with van der Waals surface area (Å²) >= 11 is 0. The zero-order chi connectivity index (χ0) is 19.9. The Balaban J connectivity index is 1.72. The minimum atomic E-state index is -0.863. The van der Waals surface area contributed by atoms with Gasteiger partial charge in [0.2, 0.25) is 0 Å². The fraction of sp³-hybridized carbons (Fsp3) is 0.250. The van der Waals surface area contributed by atoms with Crippen LogP contribution in [0.1, 0.15) is 24.2 Å². The van der Waals surface area contributed by atoms with Crippen LogP contribution in [0.2, 0.25) is 0 Å². The van der Waals surface area contributed by atoms with Gasteiger partial charge in [-0.25, -0.2) is 19.7 Å². The van der Waals surface area contributed by atoms with Crippen LogP contribution in [0.25, 0.3) is 11.4 Å². The van der Waals surface area contributed by atoms with Gasteiger partial charge in [0, 0.05) is 30.4 Å². The molecule has 0 aliphatic rings. The van der Waals surface area contributed by atoms with Gasteiger partial charge >= 0.3 is 5.97 Å². The van der Waals surface area contributed by atoms with Crippen molar-refractivity contribution in [3.8, 4) is 11.4 Å². The zero-order valence-corrected chi connectivity index (χ0v) is 15.6. The van der Waals surface area contributed by atoms with E-state index >= 15 is 0 Å². The molecule has 8 heteroatoms. The number of esters is 1. The van der Waals surface area contributed by atoms with Gasteiger partial charge in [-0.15, -0.1) is 0 Å². The van der Waals surface area contributed by atoms with Crippen molar-refractivity contribution in [2.75, 3.05) is 0 Å². The summed E-state index contributed by atoms with van der Waals surface area (Å²) in [6, 6.07) is 8.59. The Morgan fingerprint density at radius 2 is 1.86 bits per heavy atom. The summed E-state index contributed by atoms with van der Waals surface area (Å²) in [6.07, 6.45) is 7.46. The standard InChI is InChI=1S/C20H21N5O3/c1-14(2)28-20(27)17(12-25-9-8-21-13-25)24-19(26)16-10-22-18(23-11-16)15-6-4-3-5-7-15/h3-11,13-14,17H,12H2,1-2H3,(H,24,26)/t17-/m0/s1. The maximum Gasteiger partial charge on any atom is 0.330 e. The van der Waals surface area contributed by atoms with E-state index in [0.29, 0.717) is 5.82 Å². The number of benzene rings is 1. The smallest absolute Gasteiger partial charge is 0.330 e. The highest BCUT2D eigenvalue weighted by Gasteiger charge is 2.24. The van der Waals surface area contributed by atoms with Gasteiger partial charge in [-0.05, 0) is 13.8 Å². The molecule has 8 nitrogen and oxygen atoms in total. The first-order chi connectivity index (χ1) is 13.5. The van der Waals surface area contributed by atoms with E-state index in [1.807, 2.05) is 30.3 Å². The molecule has 0 unspecified atom stereocenters. The molecule has 1 N–H and O–H groups in total. The summed E-state index contributed by atoms with van der Waals surface area (Å²) in [4.78, 5) is 37.4. The Morgan fingerprint density at radius 1 is 1.14 bits per heavy atom. The molecule has 0 bridgehead atoms. The third-order valence-electron chi connectivity index (χ3n) is 3.84. The number of rotatable bonds is 7. The zero-order valence-electron chi connectivity index (χ0n) is 15.6. The summed E-state index contributed by atoms with van der Waals surface area (Å²) < 4.78 is 6.95. The lowest BCUT2D eigenvalue weighted by Crippen LogP contribution is -2.45. The molecule has 1 atom stereocenters. The molecule has 0 aliphatic heterocycles. The number of nitrogens with zero attached hydrogens (tertiary/aromatic N) is 4. The lowest BCUT2D eigenvalue weighted by atomic mass is 10.2. The van der Waals surface area contributed by atoms with E-state index in [1.165, 1.54) is 12.4 Å². The van der Waals surface area contributed by atoms with Crippen LogP contribution in [0, 0.1) is 0 Å². The molecule has 3 rings (SSSR count). The van der Waals surface area contributed by atoms with Crippen LogP contribution >= 0.6 is 0 Å². The number of nitrogens with one attached hydrogen (secondary N) is 1. The predicted octanol–water partition coefficient (Wildman–Crippen LogP) is 2.09. The van der Waals surface area contributed by atoms with Crippen molar-refractivity contribution in [2.45, 2.75) is 32.5 Å². The van der Waals surface area contributed by atoms with Crippen molar-refractivity contribution in [3.63, 3.8) is 0 Å². The summed E-state index contributed by atoms with van der Waals surface area (Å²) in [5.74, 6) is -0.448. The molecule has 3 aromatic rings. The van der Waals surface area contributed by atoms with E-state index in [4.69, 9.17) is 4.74 Å². The van der Waals surface area contributed by atoms with Gasteiger partial charge in [-0.1, -0.05) is 30.3 Å². The maximum absolute atomic E-state index is 12.6. The minimum Gasteiger partial charge on any atom is -0.461 e. The van der Waals surface area contributed by atoms with Gasteiger partial charge in [-0.3, -0.25) is 4.79 Å². The Kier molecular flexibility index (Phi) is 6.11. The second-order valence-corrected chi connectivity index (χ2v) is 6.43. The number of imidazole rings is 1. The molecular formula is C20H21N5O3. The average Bonchev–Trinajstić information content (AvgIpc) is 3.21. The number of hydrogen-bond acceptors (Lipinski definition) is 6. The average molecular weight is 379 g/mol. The van der Waals surface area contributed by atoms with Crippen molar-refractivity contribution in [3.05, 3.63) is 67.0 Å². The number of hydrogen-bond donors (Lipinski definition) is 1. The molecule has 144 valence electrons. The molecule has 1 amide bonds. The fourth-order valence-electron chi connectivity index (χ4n) is 2.52. The molecular weight excluding hydrogens is 358 g/mol. The second kappa shape index (κ2) is 8.90. The molecule has 1 aromatic carbocycles. The Bertz CT molecular complexity index is 909. The normalized spacial score (nSPS) is 11.8. The summed E-state index contributed by atoms with van der Waals surface area (Å²) in [5.41, 5.74) is 1.11. The maximum atomic E-state index is 12.6. The highest BCUT2D eigenvalue weighted by atomic mass is 16.5. The van der Waals surface area contributed by atoms with Gasteiger partial charge in [-0.2, -0.15) is 0 Å². The summed E-state index contributed by atoms with van der Waals surface area (Å²) in [6.45, 7) is 3.72. The van der Waals surface area contributed by atoms with Crippen LogP contribution in [-0.2, 0) is 16.1 Å². The number of amides is 1. The predicted molar refractivity (Wildman–Crippen MR) is 102 cm³/mol. The lowest BCUT2D eigenvalue weighted by molar-refractivity contribution is -0.150. The van der Waals surface area contributed by atoms with Crippen LogP contribution in [0.5, 0.6) is 0 Å². The Labute approximate surface area is 162 Å². The van der Waals surface area contributed by atoms with Crippen LogP contribution < -0.4 is 5.32 Å². The molecule has 28 heavy (non-hydrogen) atoms. The van der Waals surface area contributed by atoms with E-state index < -0.39 is 17.9 Å². The van der Waals surface area contributed by atoms with Gasteiger partial charge in [0.05, 0.1) is 24.5 Å². The highest BCUT2D eigenvalue weighted by molar-refractivity contribution is 5.96. The number of aromatic nitrogens is 4. The van der Waals surface area contributed by atoms with E-state index in [0.717, 1.165) is 5.56 Å². The molecule has 0 saturated carbocycles. The van der Waals surface area contributed by atoms with Crippen LogP contribution in [0.3, 0.4) is 0 Å². The van der Waals surface area contributed by atoms with Crippen molar-refractivity contribution >= 4 is 11.9 Å². The summed E-state index contributed by atoms with van der Waals surface area (Å²) in [5, 5.41) is 2.69. The molecule has 0 saturated heterocycles. The molecule has 0 spiro atoms. The van der Waals surface area contributed by atoms with Crippen molar-refractivity contribution in [1.29, 1.82) is 0 Å². The highest BCUT2D eigenvalue weighted by Crippen LogP contribution is 2.13. The van der Waals surface area contributed by atoms with Crippen molar-refractivity contribution < 1.29 is 14.3 Å². The van der Waals surface area contributed by atoms with Crippen molar-refractivity contribution in [1.82, 2.24) is 24.8 Å². The number of ether oxygens (including phenoxy) is 1. The van der Waals surface area contributed by atoms with Gasteiger partial charge in [0.25, 0.3) is 5.91 Å². The first-order valence-electron chi connectivity index (χ1n) is 8.87. The third kappa shape index (κ3) is 5.00. The van der Waals surface area contributed by atoms with E-state index in [9.17, 15) is 9.59 Å². The quantitative estimate of drug-likeness (QED) is 0.631. The minimum absolute atomic E-state index is 0.209. The molecule has 2 aromatic heterocycles. The first-order valence-corrected chi connectivity index (χ1v) is 8.87. The topological polar surface area (TPSA) is 99.0 Å². The van der Waals surface area contributed by atoms with Gasteiger partial charge in [0.15, 0.2) is 5.82 Å². The molecule has 2 heterocycles. The monoisotopic (exact) mass is 379 g/mol. The SMILES string of the molecule is CC(C)OC(=O)[C@H](Cn1ccnc1)NC(=O)c1cnc(-c2ccccc2)nc1. The Morgan fingerprint density at radius 3 is 2.46 bits per heavy atom. The lowest BCUT2D eigenvalue weighted by Gasteiger charge is -2.19. The number of carbonyl (C=O) groups is 2.